The molecule has 41 heavy (non-hydrogen) atoms. The van der Waals surface area contributed by atoms with Crippen LogP contribution < -0.4 is 5.56 Å². The number of fused-ring (bicyclic) bond motifs is 2. The SMILES string of the molecule is O=C(O)c1c(Cc2ccccc2)sc2c(-c3cccc(C(F)(F)F)c3)c(Cc3cccc4ccccc34)cc(=O)n12. The van der Waals surface area contributed by atoms with E-state index in [1.807, 2.05) is 72.8 Å². The van der Waals surface area contributed by atoms with Gasteiger partial charge in [0, 0.05) is 22.9 Å². The van der Waals surface area contributed by atoms with Crippen LogP contribution in [0.25, 0.3) is 26.7 Å². The molecule has 2 aromatic heterocycles. The number of halogens is 3. The molecule has 0 amide bonds. The summed E-state index contributed by atoms with van der Waals surface area (Å²) in [6, 6.07) is 29.1. The highest BCUT2D eigenvalue weighted by molar-refractivity contribution is 7.18. The van der Waals surface area contributed by atoms with Gasteiger partial charge in [-0.25, -0.2) is 4.79 Å². The van der Waals surface area contributed by atoms with E-state index in [2.05, 4.69) is 0 Å². The molecule has 0 radical (unpaired) electrons. The summed E-state index contributed by atoms with van der Waals surface area (Å²) in [4.78, 5) is 26.8. The Morgan fingerprint density at radius 3 is 2.27 bits per heavy atom. The van der Waals surface area contributed by atoms with Crippen LogP contribution in [0.4, 0.5) is 13.2 Å². The van der Waals surface area contributed by atoms with E-state index in [-0.39, 0.29) is 24.1 Å². The molecule has 0 unspecified atom stereocenters. The Balaban J connectivity index is 1.65. The van der Waals surface area contributed by atoms with Gasteiger partial charge in [0.25, 0.3) is 5.56 Å². The van der Waals surface area contributed by atoms with Crippen LogP contribution in [0.3, 0.4) is 0 Å². The number of carbonyl (C=O) groups is 1. The number of carboxylic acid groups (broad SMARTS) is 1. The molecule has 8 heteroatoms. The van der Waals surface area contributed by atoms with E-state index in [4.69, 9.17) is 0 Å². The molecule has 204 valence electrons. The van der Waals surface area contributed by atoms with Crippen molar-refractivity contribution in [3.63, 3.8) is 0 Å². The van der Waals surface area contributed by atoms with Crippen molar-refractivity contribution in [1.82, 2.24) is 4.40 Å². The van der Waals surface area contributed by atoms with E-state index in [0.29, 0.717) is 20.8 Å². The number of nitrogens with zero attached hydrogens (tertiary/aromatic N) is 1. The molecule has 0 saturated heterocycles. The molecule has 0 atom stereocenters. The number of benzene rings is 4. The van der Waals surface area contributed by atoms with Gasteiger partial charge in [0.15, 0.2) is 0 Å². The van der Waals surface area contributed by atoms with E-state index >= 15 is 0 Å². The second kappa shape index (κ2) is 10.4. The minimum absolute atomic E-state index is 0.177. The van der Waals surface area contributed by atoms with Gasteiger partial charge in [0.1, 0.15) is 10.5 Å². The van der Waals surface area contributed by atoms with E-state index in [9.17, 15) is 27.9 Å². The zero-order valence-electron chi connectivity index (χ0n) is 21.5. The van der Waals surface area contributed by atoms with Gasteiger partial charge in [-0.15, -0.1) is 11.3 Å². The Morgan fingerprint density at radius 2 is 1.51 bits per heavy atom. The number of pyridine rings is 1. The van der Waals surface area contributed by atoms with Gasteiger partial charge in [0.05, 0.1) is 5.56 Å². The Kier molecular flexibility index (Phi) is 6.71. The molecule has 4 nitrogen and oxygen atoms in total. The molecule has 2 heterocycles. The van der Waals surface area contributed by atoms with Crippen LogP contribution in [0.2, 0.25) is 0 Å². The third-order valence-corrected chi connectivity index (χ3v) is 8.28. The van der Waals surface area contributed by atoms with Gasteiger partial charge < -0.3 is 5.11 Å². The van der Waals surface area contributed by atoms with E-state index in [1.54, 1.807) is 6.07 Å². The minimum Gasteiger partial charge on any atom is -0.477 e. The van der Waals surface area contributed by atoms with Crippen LogP contribution in [0.5, 0.6) is 0 Å². The number of aromatic nitrogens is 1. The summed E-state index contributed by atoms with van der Waals surface area (Å²) < 4.78 is 42.4. The molecule has 0 spiro atoms. The molecular formula is C33H22F3NO3S. The predicted octanol–water partition coefficient (Wildman–Crippen LogP) is 8.08. The summed E-state index contributed by atoms with van der Waals surface area (Å²) in [7, 11) is 0. The number of carboxylic acids is 1. The van der Waals surface area contributed by atoms with Gasteiger partial charge in [-0.05, 0) is 51.6 Å². The number of alkyl halides is 3. The normalized spacial score (nSPS) is 11.8. The molecular weight excluding hydrogens is 547 g/mol. The van der Waals surface area contributed by atoms with Crippen LogP contribution in [0.1, 0.15) is 37.6 Å². The maximum atomic E-state index is 13.8. The smallest absolute Gasteiger partial charge is 0.416 e. The van der Waals surface area contributed by atoms with Crippen molar-refractivity contribution < 1.29 is 23.1 Å². The van der Waals surface area contributed by atoms with Crippen molar-refractivity contribution in [1.29, 1.82) is 0 Å². The highest BCUT2D eigenvalue weighted by atomic mass is 32.1. The summed E-state index contributed by atoms with van der Waals surface area (Å²) in [5.74, 6) is -1.28. The van der Waals surface area contributed by atoms with E-state index in [1.165, 1.54) is 12.1 Å². The first-order chi connectivity index (χ1) is 19.7. The summed E-state index contributed by atoms with van der Waals surface area (Å²) >= 11 is 1.13. The van der Waals surface area contributed by atoms with Gasteiger partial charge >= 0.3 is 12.1 Å². The summed E-state index contributed by atoms with van der Waals surface area (Å²) in [5.41, 5.74) is 1.41. The number of rotatable bonds is 6. The zero-order valence-corrected chi connectivity index (χ0v) is 22.3. The van der Waals surface area contributed by atoms with Crippen LogP contribution >= 0.6 is 11.3 Å². The van der Waals surface area contributed by atoms with Crippen molar-refractivity contribution in [3.05, 3.63) is 146 Å². The van der Waals surface area contributed by atoms with Crippen molar-refractivity contribution in [2.75, 3.05) is 0 Å². The monoisotopic (exact) mass is 569 g/mol. The summed E-state index contributed by atoms with van der Waals surface area (Å²) in [6.45, 7) is 0. The summed E-state index contributed by atoms with van der Waals surface area (Å²) in [6.07, 6.45) is -4.04. The molecule has 0 aliphatic rings. The van der Waals surface area contributed by atoms with Crippen molar-refractivity contribution in [2.24, 2.45) is 0 Å². The minimum atomic E-state index is -4.57. The third-order valence-electron chi connectivity index (χ3n) is 7.11. The van der Waals surface area contributed by atoms with Crippen LogP contribution in [-0.2, 0) is 19.0 Å². The molecule has 0 saturated carbocycles. The first kappa shape index (κ1) is 26.5. The van der Waals surface area contributed by atoms with Gasteiger partial charge in [0.2, 0.25) is 0 Å². The Hall–Kier alpha value is -4.69. The van der Waals surface area contributed by atoms with Crippen molar-refractivity contribution in [2.45, 2.75) is 19.0 Å². The quantitative estimate of drug-likeness (QED) is 0.221. The molecule has 0 aliphatic heterocycles. The number of thiazole rings is 1. The second-order valence-electron chi connectivity index (χ2n) is 9.76. The maximum Gasteiger partial charge on any atom is 0.416 e. The third kappa shape index (κ3) is 5.02. The van der Waals surface area contributed by atoms with Crippen molar-refractivity contribution >= 4 is 32.9 Å². The topological polar surface area (TPSA) is 58.8 Å². The molecule has 4 aromatic carbocycles. The first-order valence-electron chi connectivity index (χ1n) is 12.8. The fraction of sp³-hybridized carbons (Fsp3) is 0.0909. The Labute approximate surface area is 236 Å². The highest BCUT2D eigenvalue weighted by Crippen LogP contribution is 2.39. The standard InChI is InChI=1S/C33H22F3NO3S/c34-33(35,36)25-14-7-13-23(18-25)29-24(17-22-12-6-11-21-10-4-5-15-26(21)22)19-28(38)37-30(32(39)40)27(41-31(29)37)16-20-8-2-1-3-9-20/h1-15,18-19H,16-17H2,(H,39,40). The number of hydrogen-bond donors (Lipinski definition) is 1. The average molecular weight is 570 g/mol. The summed E-state index contributed by atoms with van der Waals surface area (Å²) in [5, 5.41) is 12.2. The number of hydrogen-bond acceptors (Lipinski definition) is 3. The first-order valence-corrected chi connectivity index (χ1v) is 13.6. The Morgan fingerprint density at radius 1 is 0.805 bits per heavy atom. The predicted molar refractivity (Wildman–Crippen MR) is 155 cm³/mol. The lowest BCUT2D eigenvalue weighted by Gasteiger charge is -2.15. The fourth-order valence-electron chi connectivity index (χ4n) is 5.30. The second-order valence-corrected chi connectivity index (χ2v) is 10.8. The van der Waals surface area contributed by atoms with Crippen LogP contribution in [-0.4, -0.2) is 15.5 Å². The maximum absolute atomic E-state index is 13.8. The molecule has 0 aliphatic carbocycles. The molecule has 0 bridgehead atoms. The molecule has 6 rings (SSSR count). The van der Waals surface area contributed by atoms with Crippen LogP contribution in [0.15, 0.2) is 108 Å². The van der Waals surface area contributed by atoms with Gasteiger partial charge in [-0.1, -0.05) is 84.9 Å². The number of aromatic carboxylic acids is 1. The molecule has 6 aromatic rings. The van der Waals surface area contributed by atoms with E-state index in [0.717, 1.165) is 49.8 Å². The lowest BCUT2D eigenvalue weighted by atomic mass is 9.93. The largest absolute Gasteiger partial charge is 0.477 e. The lowest BCUT2D eigenvalue weighted by Crippen LogP contribution is -2.19. The van der Waals surface area contributed by atoms with Gasteiger partial charge in [-0.3, -0.25) is 9.20 Å². The van der Waals surface area contributed by atoms with E-state index < -0.39 is 23.3 Å². The highest BCUT2D eigenvalue weighted by Gasteiger charge is 2.31. The Bertz CT molecular complexity index is 1990. The van der Waals surface area contributed by atoms with Gasteiger partial charge in [-0.2, -0.15) is 13.2 Å². The van der Waals surface area contributed by atoms with Crippen LogP contribution in [0, 0.1) is 0 Å². The zero-order chi connectivity index (χ0) is 28.7. The average Bonchev–Trinajstić information content (AvgIpc) is 3.33. The fourth-order valence-corrected chi connectivity index (χ4v) is 6.67. The molecule has 1 N–H and O–H groups in total. The lowest BCUT2D eigenvalue weighted by molar-refractivity contribution is -0.137. The van der Waals surface area contributed by atoms with Crippen molar-refractivity contribution in [3.8, 4) is 11.1 Å². The molecule has 0 fully saturated rings.